The first-order valence-corrected chi connectivity index (χ1v) is 13.9. The van der Waals surface area contributed by atoms with E-state index < -0.39 is 13.1 Å². The zero-order valence-corrected chi connectivity index (χ0v) is 21.9. The van der Waals surface area contributed by atoms with Crippen LogP contribution < -0.4 is 5.30 Å². The van der Waals surface area contributed by atoms with Gasteiger partial charge in [-0.05, 0) is 0 Å². The van der Waals surface area contributed by atoms with Crippen LogP contribution in [0, 0.1) is 18.4 Å². The second-order valence-electron chi connectivity index (χ2n) is 7.59. The molecule has 0 spiro atoms. The number of H-pyrrole nitrogens is 1. The van der Waals surface area contributed by atoms with Gasteiger partial charge in [0.2, 0.25) is 0 Å². The van der Waals surface area contributed by atoms with Crippen molar-refractivity contribution in [3.63, 3.8) is 0 Å². The number of aromatic carboxylic acids is 1. The number of benzene rings is 2. The van der Waals surface area contributed by atoms with E-state index in [1.807, 2.05) is 17.5 Å². The summed E-state index contributed by atoms with van der Waals surface area (Å²) >= 11 is 4.25. The Hall–Kier alpha value is -1.92. The maximum atomic E-state index is 11.2. The summed E-state index contributed by atoms with van der Waals surface area (Å²) in [4.78, 5) is 16.1. The van der Waals surface area contributed by atoms with E-state index in [1.54, 1.807) is 23.5 Å². The Kier molecular flexibility index (Phi) is 7.66. The first kappa shape index (κ1) is 24.7. The molecular formula is C23H26N4O2PSV-. The smallest absolute Gasteiger partial charge is 0.358 e. The molecule has 167 valence electrons. The van der Waals surface area contributed by atoms with E-state index in [1.165, 1.54) is 5.56 Å². The van der Waals surface area contributed by atoms with Crippen molar-refractivity contribution in [1.82, 2.24) is 19.8 Å². The van der Waals surface area contributed by atoms with E-state index in [2.05, 4.69) is 66.0 Å². The van der Waals surface area contributed by atoms with Crippen molar-refractivity contribution >= 4 is 46.3 Å². The molecule has 4 rings (SSSR count). The van der Waals surface area contributed by atoms with Crippen molar-refractivity contribution in [3.05, 3.63) is 64.5 Å². The van der Waals surface area contributed by atoms with Crippen LogP contribution in [0.1, 0.15) is 47.7 Å². The third-order valence-corrected chi connectivity index (χ3v) is 9.92. The van der Waals surface area contributed by atoms with Gasteiger partial charge < -0.3 is 7.43 Å². The summed E-state index contributed by atoms with van der Waals surface area (Å²) in [6.07, 6.45) is 1.09. The van der Waals surface area contributed by atoms with Gasteiger partial charge in [-0.2, -0.15) is 0 Å². The Bertz CT molecular complexity index is 1370. The van der Waals surface area contributed by atoms with Crippen LogP contribution in [0.2, 0.25) is 0 Å². The molecule has 0 saturated heterocycles. The molecule has 0 bridgehead atoms. The van der Waals surface area contributed by atoms with E-state index >= 15 is 0 Å². The number of carboxylic acids is 1. The summed E-state index contributed by atoms with van der Waals surface area (Å²) in [6, 6.07) is 11.9. The van der Waals surface area contributed by atoms with Crippen LogP contribution in [0.3, 0.4) is 0 Å². The van der Waals surface area contributed by atoms with Crippen LogP contribution in [0.15, 0.2) is 41.4 Å². The summed E-state index contributed by atoms with van der Waals surface area (Å²) < 4.78 is 2.88. The maximum Gasteiger partial charge on any atom is -0.358 e. The first-order chi connectivity index (χ1) is 14.8. The van der Waals surface area contributed by atoms with E-state index in [4.69, 9.17) is 4.98 Å². The summed E-state index contributed by atoms with van der Waals surface area (Å²) in [7, 11) is -0.641. The number of hydrogen-bond acceptors (Lipinski definition) is 4. The fourth-order valence-corrected chi connectivity index (χ4v) is 7.56. The molecule has 0 fully saturated rings. The van der Waals surface area contributed by atoms with Gasteiger partial charge in [-0.3, -0.25) is 0 Å². The molecule has 0 saturated carbocycles. The minimum atomic E-state index is -0.904. The molecular weight excluding hydrogens is 478 g/mol. The SMILES string of the molecule is CCC(C)c1ccc2[c](=[V])nc3c(SP(C)c4ccc(C(=O)O)cc4C)n[nH]n3c2c1.[CH3-]. The molecule has 6 nitrogen and oxygen atoms in total. The number of carbonyl (C=O) groups is 1. The molecule has 0 radical (unpaired) electrons. The van der Waals surface area contributed by atoms with Crippen molar-refractivity contribution in [2.24, 2.45) is 0 Å². The normalized spacial score (nSPS) is 13.1. The number of carboxylic acid groups (broad SMARTS) is 1. The van der Waals surface area contributed by atoms with Gasteiger partial charge in [0.1, 0.15) is 0 Å². The van der Waals surface area contributed by atoms with Crippen molar-refractivity contribution in [3.8, 4) is 0 Å². The monoisotopic (exact) mass is 504 g/mol. The standard InChI is InChI=1S/C22H23N4O2PS.CH3.V/c1-5-13(2)15-6-7-17-12-23-20-21(24-25-26(20)18(17)11-15)30-29(4)19-9-8-16(22(27)28)10-14(19)3;;/h6-11,13,25H,5H2,1-4H3,(H,27,28);1H3;/q;-1;. The Balaban J connectivity index is 0.00000289. The number of aryl methyl sites for hydroxylation is 1. The van der Waals surface area contributed by atoms with Gasteiger partial charge in [0.15, 0.2) is 0 Å². The first-order valence-electron chi connectivity index (χ1n) is 9.98. The molecule has 4 aromatic rings. The summed E-state index contributed by atoms with van der Waals surface area (Å²) in [5.74, 6) is -0.418. The zero-order valence-electron chi connectivity index (χ0n) is 18.7. The average Bonchev–Trinajstić information content (AvgIpc) is 3.15. The molecule has 2 unspecified atom stereocenters. The van der Waals surface area contributed by atoms with E-state index in [-0.39, 0.29) is 7.43 Å². The van der Waals surface area contributed by atoms with Gasteiger partial charge in [0.25, 0.3) is 0 Å². The van der Waals surface area contributed by atoms with Gasteiger partial charge in [-0.25, -0.2) is 0 Å². The van der Waals surface area contributed by atoms with E-state index in [9.17, 15) is 9.90 Å². The molecule has 9 heteroatoms. The molecule has 32 heavy (non-hydrogen) atoms. The third-order valence-electron chi connectivity index (χ3n) is 5.56. The maximum absolute atomic E-state index is 11.2. The van der Waals surface area contributed by atoms with Crippen LogP contribution in [-0.2, 0) is 17.0 Å². The molecule has 2 atom stereocenters. The Morgan fingerprint density at radius 2 is 2.06 bits per heavy atom. The minimum absolute atomic E-state index is 0. The minimum Gasteiger partial charge on any atom is -0.358 e. The van der Waals surface area contributed by atoms with E-state index in [0.717, 1.165) is 42.9 Å². The number of nitrogens with one attached hydrogen (secondary N) is 1. The molecule has 2 aromatic heterocycles. The quantitative estimate of drug-likeness (QED) is 0.260. The van der Waals surface area contributed by atoms with Gasteiger partial charge in [0.05, 0.1) is 0 Å². The third kappa shape index (κ3) is 4.58. The van der Waals surface area contributed by atoms with Crippen LogP contribution >= 0.6 is 18.5 Å². The average molecular weight is 504 g/mol. The summed E-state index contributed by atoms with van der Waals surface area (Å²) in [5, 5.41) is 20.0. The molecule has 2 N–H and O–H groups in total. The zero-order chi connectivity index (χ0) is 22.3. The molecule has 0 amide bonds. The number of fused-ring (bicyclic) bond motifs is 3. The Labute approximate surface area is 201 Å². The van der Waals surface area contributed by atoms with Crippen molar-refractivity contribution in [2.75, 3.05) is 6.66 Å². The van der Waals surface area contributed by atoms with Crippen LogP contribution in [-0.4, -0.2) is 37.6 Å². The number of rotatable bonds is 6. The van der Waals surface area contributed by atoms with Crippen LogP contribution in [0.4, 0.5) is 0 Å². The fourth-order valence-electron chi connectivity index (χ4n) is 3.56. The Morgan fingerprint density at radius 3 is 2.72 bits per heavy atom. The topological polar surface area (TPSA) is 83.3 Å². The molecule has 0 aliphatic heterocycles. The number of aromatic nitrogens is 4. The van der Waals surface area contributed by atoms with Crippen LogP contribution in [0.25, 0.3) is 16.6 Å². The molecule has 0 aliphatic rings. The number of hydrogen-bond donors (Lipinski definition) is 2. The second-order valence-corrected chi connectivity index (χ2v) is 12.5. The van der Waals surface area contributed by atoms with Crippen LogP contribution in [0.5, 0.6) is 0 Å². The molecule has 0 aliphatic carbocycles. The van der Waals surface area contributed by atoms with Gasteiger partial charge in [0, 0.05) is 0 Å². The number of nitrogens with zero attached hydrogens (tertiary/aromatic N) is 3. The molecule has 2 aromatic carbocycles. The summed E-state index contributed by atoms with van der Waals surface area (Å²) in [6.45, 7) is 8.57. The van der Waals surface area contributed by atoms with Gasteiger partial charge in [-0.1, -0.05) is 0 Å². The second kappa shape index (κ2) is 9.92. The van der Waals surface area contributed by atoms with Gasteiger partial charge in [-0.15, -0.1) is 0 Å². The van der Waals surface area contributed by atoms with Crippen molar-refractivity contribution < 1.29 is 26.9 Å². The summed E-state index contributed by atoms with van der Waals surface area (Å²) in [5.41, 5.74) is 4.48. The fraction of sp³-hybridized carbons (Fsp3) is 0.261. The molecule has 2 heterocycles. The van der Waals surface area contributed by atoms with Crippen molar-refractivity contribution in [1.29, 1.82) is 0 Å². The van der Waals surface area contributed by atoms with Gasteiger partial charge >= 0.3 is 195 Å². The Morgan fingerprint density at radius 1 is 1.31 bits per heavy atom. The predicted molar refractivity (Wildman–Crippen MR) is 130 cm³/mol. The predicted octanol–water partition coefficient (Wildman–Crippen LogP) is 5.70. The largest absolute Gasteiger partial charge is 0.358 e. The van der Waals surface area contributed by atoms with E-state index in [0.29, 0.717) is 11.5 Å². The van der Waals surface area contributed by atoms with Crippen molar-refractivity contribution in [2.45, 2.75) is 38.1 Å². The number of aromatic amines is 1.